The van der Waals surface area contributed by atoms with Gasteiger partial charge in [-0.1, -0.05) is 24.3 Å². The molecule has 2 aromatic rings. The van der Waals surface area contributed by atoms with Crippen molar-refractivity contribution in [3.05, 3.63) is 65.2 Å². The largest absolute Gasteiger partial charge is 0.398 e. The standard InChI is InChI=1S/C13H11F2NO/c14-9-5-3-6-10(15)12(9)13(17)8-4-1-2-7-11(8)16/h1-7,13,17H,16H2. The summed E-state index contributed by atoms with van der Waals surface area (Å²) in [4.78, 5) is 0. The molecule has 1 atom stereocenters. The van der Waals surface area contributed by atoms with Crippen molar-refractivity contribution in [1.82, 2.24) is 0 Å². The topological polar surface area (TPSA) is 46.2 Å². The number of aliphatic hydroxyl groups is 1. The van der Waals surface area contributed by atoms with Gasteiger partial charge in [0.15, 0.2) is 0 Å². The number of benzene rings is 2. The van der Waals surface area contributed by atoms with Crippen LogP contribution in [0, 0.1) is 11.6 Å². The monoisotopic (exact) mass is 235 g/mol. The smallest absolute Gasteiger partial charge is 0.132 e. The molecular weight excluding hydrogens is 224 g/mol. The van der Waals surface area contributed by atoms with Gasteiger partial charge in [-0.3, -0.25) is 0 Å². The summed E-state index contributed by atoms with van der Waals surface area (Å²) in [5.41, 5.74) is 5.85. The van der Waals surface area contributed by atoms with Crippen LogP contribution in [0.2, 0.25) is 0 Å². The van der Waals surface area contributed by atoms with Crippen LogP contribution in [0.15, 0.2) is 42.5 Å². The Bertz CT molecular complexity index is 522. The normalized spacial score (nSPS) is 12.4. The number of para-hydroxylation sites is 1. The lowest BCUT2D eigenvalue weighted by Crippen LogP contribution is -2.08. The van der Waals surface area contributed by atoms with Gasteiger partial charge in [-0.25, -0.2) is 8.78 Å². The second-order valence-electron chi connectivity index (χ2n) is 3.67. The molecule has 0 aliphatic rings. The zero-order chi connectivity index (χ0) is 12.4. The number of hydrogen-bond donors (Lipinski definition) is 2. The predicted octanol–water partition coefficient (Wildman–Crippen LogP) is 2.63. The molecule has 0 saturated heterocycles. The third-order valence-electron chi connectivity index (χ3n) is 2.56. The minimum absolute atomic E-state index is 0.288. The molecule has 0 radical (unpaired) electrons. The lowest BCUT2D eigenvalue weighted by atomic mass is 9.99. The number of aliphatic hydroxyl groups excluding tert-OH is 1. The molecule has 2 aromatic carbocycles. The van der Waals surface area contributed by atoms with Crippen LogP contribution >= 0.6 is 0 Å². The van der Waals surface area contributed by atoms with E-state index < -0.39 is 17.7 Å². The van der Waals surface area contributed by atoms with Gasteiger partial charge in [-0.2, -0.15) is 0 Å². The van der Waals surface area contributed by atoms with Crippen molar-refractivity contribution in [3.63, 3.8) is 0 Å². The molecule has 2 rings (SSSR count). The number of halogens is 2. The molecule has 88 valence electrons. The van der Waals surface area contributed by atoms with Gasteiger partial charge < -0.3 is 10.8 Å². The van der Waals surface area contributed by atoms with Crippen molar-refractivity contribution in [3.8, 4) is 0 Å². The molecule has 0 amide bonds. The van der Waals surface area contributed by atoms with Crippen molar-refractivity contribution in [1.29, 1.82) is 0 Å². The first kappa shape index (κ1) is 11.5. The molecule has 0 bridgehead atoms. The summed E-state index contributed by atoms with van der Waals surface area (Å²) in [7, 11) is 0. The van der Waals surface area contributed by atoms with Gasteiger partial charge in [0.2, 0.25) is 0 Å². The van der Waals surface area contributed by atoms with E-state index in [1.165, 1.54) is 12.1 Å². The van der Waals surface area contributed by atoms with Crippen LogP contribution in [0.4, 0.5) is 14.5 Å². The number of rotatable bonds is 2. The minimum atomic E-state index is -1.41. The van der Waals surface area contributed by atoms with E-state index in [4.69, 9.17) is 5.73 Å². The number of nitrogens with two attached hydrogens (primary N) is 1. The molecule has 0 fully saturated rings. The molecule has 2 nitrogen and oxygen atoms in total. The van der Waals surface area contributed by atoms with E-state index in [9.17, 15) is 13.9 Å². The SMILES string of the molecule is Nc1ccccc1C(O)c1c(F)cccc1F. The van der Waals surface area contributed by atoms with Gasteiger partial charge in [-0.05, 0) is 18.2 Å². The van der Waals surface area contributed by atoms with Gasteiger partial charge >= 0.3 is 0 Å². The first-order valence-electron chi connectivity index (χ1n) is 5.07. The fraction of sp³-hybridized carbons (Fsp3) is 0.0769. The molecule has 0 heterocycles. The zero-order valence-electron chi connectivity index (χ0n) is 8.90. The van der Waals surface area contributed by atoms with Crippen LogP contribution in [0.1, 0.15) is 17.2 Å². The average Bonchev–Trinajstić information content (AvgIpc) is 2.29. The molecule has 0 aliphatic carbocycles. The van der Waals surface area contributed by atoms with E-state index >= 15 is 0 Å². The van der Waals surface area contributed by atoms with Crippen molar-refractivity contribution in [2.24, 2.45) is 0 Å². The highest BCUT2D eigenvalue weighted by Gasteiger charge is 2.20. The van der Waals surface area contributed by atoms with Crippen molar-refractivity contribution >= 4 is 5.69 Å². The average molecular weight is 235 g/mol. The van der Waals surface area contributed by atoms with E-state index in [-0.39, 0.29) is 11.1 Å². The number of hydrogen-bond acceptors (Lipinski definition) is 2. The van der Waals surface area contributed by atoms with Crippen molar-refractivity contribution < 1.29 is 13.9 Å². The third-order valence-corrected chi connectivity index (χ3v) is 2.56. The summed E-state index contributed by atoms with van der Waals surface area (Å²) in [5, 5.41) is 9.97. The second-order valence-corrected chi connectivity index (χ2v) is 3.67. The van der Waals surface area contributed by atoms with E-state index in [1.807, 2.05) is 0 Å². The van der Waals surface area contributed by atoms with Gasteiger partial charge in [0, 0.05) is 11.3 Å². The predicted molar refractivity (Wildman–Crippen MR) is 61.3 cm³/mol. The Kier molecular flexibility index (Phi) is 3.06. The molecule has 0 saturated carbocycles. The summed E-state index contributed by atoms with van der Waals surface area (Å²) in [5.74, 6) is -1.58. The highest BCUT2D eigenvalue weighted by Crippen LogP contribution is 2.29. The van der Waals surface area contributed by atoms with Crippen LogP contribution < -0.4 is 5.73 Å². The fourth-order valence-corrected chi connectivity index (χ4v) is 1.69. The van der Waals surface area contributed by atoms with Gasteiger partial charge in [0.05, 0.1) is 5.56 Å². The van der Waals surface area contributed by atoms with Gasteiger partial charge in [0.25, 0.3) is 0 Å². The minimum Gasteiger partial charge on any atom is -0.398 e. The second kappa shape index (κ2) is 4.51. The number of anilines is 1. The molecule has 1 unspecified atom stereocenters. The van der Waals surface area contributed by atoms with Crippen molar-refractivity contribution in [2.75, 3.05) is 5.73 Å². The van der Waals surface area contributed by atoms with Crippen LogP contribution in [0.3, 0.4) is 0 Å². The maximum atomic E-state index is 13.5. The molecule has 0 aromatic heterocycles. The van der Waals surface area contributed by atoms with E-state index in [1.54, 1.807) is 18.2 Å². The maximum absolute atomic E-state index is 13.5. The van der Waals surface area contributed by atoms with E-state index in [0.717, 1.165) is 12.1 Å². The Balaban J connectivity index is 2.51. The molecule has 4 heteroatoms. The van der Waals surface area contributed by atoms with E-state index in [2.05, 4.69) is 0 Å². The first-order chi connectivity index (χ1) is 8.11. The molecule has 17 heavy (non-hydrogen) atoms. The molecule has 3 N–H and O–H groups in total. The fourth-order valence-electron chi connectivity index (χ4n) is 1.69. The summed E-state index contributed by atoms with van der Waals surface area (Å²) in [6.07, 6.45) is -1.41. The Labute approximate surface area is 97.3 Å². The van der Waals surface area contributed by atoms with Gasteiger partial charge in [-0.15, -0.1) is 0 Å². The highest BCUT2D eigenvalue weighted by molar-refractivity contribution is 5.50. The lowest BCUT2D eigenvalue weighted by molar-refractivity contribution is 0.210. The van der Waals surface area contributed by atoms with Crippen molar-refractivity contribution in [2.45, 2.75) is 6.10 Å². The Hall–Kier alpha value is -1.94. The van der Waals surface area contributed by atoms with Gasteiger partial charge in [0.1, 0.15) is 17.7 Å². The van der Waals surface area contributed by atoms with Crippen LogP contribution in [0.25, 0.3) is 0 Å². The summed E-state index contributed by atoms with van der Waals surface area (Å²) in [6.45, 7) is 0. The van der Waals surface area contributed by atoms with Crippen LogP contribution in [-0.4, -0.2) is 5.11 Å². The van der Waals surface area contributed by atoms with Crippen LogP contribution in [0.5, 0.6) is 0 Å². The third kappa shape index (κ3) is 2.12. The van der Waals surface area contributed by atoms with Crippen LogP contribution in [-0.2, 0) is 0 Å². The summed E-state index contributed by atoms with van der Waals surface area (Å²) < 4.78 is 27.0. The Morgan fingerprint density at radius 1 is 0.941 bits per heavy atom. The Morgan fingerprint density at radius 2 is 1.53 bits per heavy atom. The molecule has 0 aliphatic heterocycles. The summed E-state index contributed by atoms with van der Waals surface area (Å²) >= 11 is 0. The number of nitrogen functional groups attached to an aromatic ring is 1. The first-order valence-corrected chi connectivity index (χ1v) is 5.07. The summed E-state index contributed by atoms with van der Waals surface area (Å²) in [6, 6.07) is 9.87. The van der Waals surface area contributed by atoms with E-state index in [0.29, 0.717) is 5.69 Å². The molecule has 0 spiro atoms. The Morgan fingerprint density at radius 3 is 2.12 bits per heavy atom. The lowest BCUT2D eigenvalue weighted by Gasteiger charge is -2.15. The maximum Gasteiger partial charge on any atom is 0.132 e. The highest BCUT2D eigenvalue weighted by atomic mass is 19.1. The quantitative estimate of drug-likeness (QED) is 0.786. The molecular formula is C13H11F2NO. The zero-order valence-corrected chi connectivity index (χ0v) is 8.90.